The molecule has 3 rings (SSSR count). The van der Waals surface area contributed by atoms with Crippen LogP contribution >= 0.6 is 33.9 Å². The van der Waals surface area contributed by atoms with Crippen LogP contribution in [0.2, 0.25) is 0 Å². The Labute approximate surface area is 139 Å². The van der Waals surface area contributed by atoms with Crippen LogP contribution in [0.15, 0.2) is 36.4 Å². The van der Waals surface area contributed by atoms with Crippen LogP contribution in [-0.4, -0.2) is 11.0 Å². The number of carbonyl (C=O) groups excluding carboxylic acids is 1. The molecule has 0 spiro atoms. The molecular formula is C15H11IN2O2S. The Morgan fingerprint density at radius 1 is 1.29 bits per heavy atom. The zero-order chi connectivity index (χ0) is 15.0. The van der Waals surface area contributed by atoms with Crippen molar-refractivity contribution in [3.63, 3.8) is 0 Å². The molecule has 0 aliphatic rings. The van der Waals surface area contributed by atoms with Crippen LogP contribution in [0.1, 0.15) is 6.92 Å². The molecule has 0 radical (unpaired) electrons. The van der Waals surface area contributed by atoms with E-state index in [2.05, 4.69) is 27.6 Å². The summed E-state index contributed by atoms with van der Waals surface area (Å²) in [5.41, 5.74) is 8.51. The number of fused-ring (bicyclic) bond motifs is 1. The van der Waals surface area contributed by atoms with Crippen molar-refractivity contribution in [1.82, 2.24) is 4.98 Å². The van der Waals surface area contributed by atoms with Crippen LogP contribution in [0.4, 0.5) is 5.69 Å². The van der Waals surface area contributed by atoms with E-state index < -0.39 is 0 Å². The van der Waals surface area contributed by atoms with Crippen molar-refractivity contribution in [3.8, 4) is 16.3 Å². The largest absolute Gasteiger partial charge is 0.427 e. The monoisotopic (exact) mass is 410 g/mol. The number of hydrogen-bond donors (Lipinski definition) is 1. The van der Waals surface area contributed by atoms with Gasteiger partial charge in [0.2, 0.25) is 0 Å². The Hall–Kier alpha value is -1.67. The van der Waals surface area contributed by atoms with E-state index in [1.165, 1.54) is 6.92 Å². The summed E-state index contributed by atoms with van der Waals surface area (Å²) in [4.78, 5) is 15.6. The average molecular weight is 410 g/mol. The van der Waals surface area contributed by atoms with Gasteiger partial charge in [0.05, 0.1) is 10.2 Å². The van der Waals surface area contributed by atoms with Crippen LogP contribution in [-0.2, 0) is 4.79 Å². The van der Waals surface area contributed by atoms with Crippen LogP contribution in [0.25, 0.3) is 20.8 Å². The number of rotatable bonds is 2. The topological polar surface area (TPSA) is 65.2 Å². The molecule has 0 aliphatic carbocycles. The summed E-state index contributed by atoms with van der Waals surface area (Å²) in [6, 6.07) is 11.3. The molecule has 4 nitrogen and oxygen atoms in total. The lowest BCUT2D eigenvalue weighted by Gasteiger charge is -2.00. The molecule has 3 aromatic rings. The second kappa shape index (κ2) is 5.61. The fourth-order valence-electron chi connectivity index (χ4n) is 1.92. The molecule has 1 heterocycles. The second-order valence-corrected chi connectivity index (χ2v) is 6.67. The van der Waals surface area contributed by atoms with Gasteiger partial charge >= 0.3 is 5.97 Å². The molecule has 0 unspecified atom stereocenters. The maximum atomic E-state index is 11.0. The number of esters is 1. The first kappa shape index (κ1) is 14.3. The minimum Gasteiger partial charge on any atom is -0.427 e. The smallest absolute Gasteiger partial charge is 0.308 e. The van der Waals surface area contributed by atoms with Gasteiger partial charge in [-0.3, -0.25) is 4.79 Å². The van der Waals surface area contributed by atoms with E-state index in [-0.39, 0.29) is 5.97 Å². The van der Waals surface area contributed by atoms with Crippen molar-refractivity contribution in [3.05, 3.63) is 40.0 Å². The van der Waals surface area contributed by atoms with E-state index in [0.29, 0.717) is 5.75 Å². The maximum Gasteiger partial charge on any atom is 0.308 e. The number of halogens is 1. The number of aromatic nitrogens is 1. The van der Waals surface area contributed by atoms with Gasteiger partial charge in [0.25, 0.3) is 0 Å². The Bertz CT molecular complexity index is 845. The standard InChI is InChI=1S/C15H11IN2O2S/c1-8(19)20-10-3-5-13-14(7-10)21-15(18-13)9-2-4-12(17)11(16)6-9/h2-7H,17H2,1H3. The number of nitrogen functional groups attached to an aromatic ring is 1. The molecule has 21 heavy (non-hydrogen) atoms. The van der Waals surface area contributed by atoms with E-state index in [1.54, 1.807) is 17.4 Å². The van der Waals surface area contributed by atoms with E-state index in [4.69, 9.17) is 10.5 Å². The quantitative estimate of drug-likeness (QED) is 0.299. The molecule has 0 atom stereocenters. The SMILES string of the molecule is CC(=O)Oc1ccc2nc(-c3ccc(N)c(I)c3)sc2c1. The van der Waals surface area contributed by atoms with E-state index in [0.717, 1.165) is 30.0 Å². The molecular weight excluding hydrogens is 399 g/mol. The van der Waals surface area contributed by atoms with Gasteiger partial charge in [-0.15, -0.1) is 11.3 Å². The highest BCUT2D eigenvalue weighted by Gasteiger charge is 2.09. The average Bonchev–Trinajstić information content (AvgIpc) is 2.84. The molecule has 0 aliphatic heterocycles. The summed E-state index contributed by atoms with van der Waals surface area (Å²) in [5, 5.41) is 0.919. The molecule has 2 aromatic carbocycles. The Balaban J connectivity index is 2.04. The predicted octanol–water partition coefficient (Wildman–Crippen LogP) is 4.08. The van der Waals surface area contributed by atoms with Gasteiger partial charge in [0.15, 0.2) is 0 Å². The van der Waals surface area contributed by atoms with E-state index >= 15 is 0 Å². The lowest BCUT2D eigenvalue weighted by Crippen LogP contribution is -2.00. The van der Waals surface area contributed by atoms with Crippen molar-refractivity contribution < 1.29 is 9.53 Å². The van der Waals surface area contributed by atoms with Crippen LogP contribution < -0.4 is 10.5 Å². The zero-order valence-corrected chi connectivity index (χ0v) is 14.1. The van der Waals surface area contributed by atoms with Crippen molar-refractivity contribution in [2.75, 3.05) is 5.73 Å². The second-order valence-electron chi connectivity index (χ2n) is 4.48. The molecule has 0 amide bonds. The fraction of sp³-hybridized carbons (Fsp3) is 0.0667. The summed E-state index contributed by atoms with van der Waals surface area (Å²) in [6.07, 6.45) is 0. The Kier molecular flexibility index (Phi) is 3.81. The van der Waals surface area contributed by atoms with Crippen LogP contribution in [0.3, 0.4) is 0 Å². The van der Waals surface area contributed by atoms with Gasteiger partial charge in [0.1, 0.15) is 10.8 Å². The zero-order valence-electron chi connectivity index (χ0n) is 11.1. The van der Waals surface area contributed by atoms with Crippen molar-refractivity contribution in [1.29, 1.82) is 0 Å². The minimum absolute atomic E-state index is 0.327. The fourth-order valence-corrected chi connectivity index (χ4v) is 3.42. The lowest BCUT2D eigenvalue weighted by molar-refractivity contribution is -0.131. The highest BCUT2D eigenvalue weighted by atomic mass is 127. The molecule has 106 valence electrons. The Morgan fingerprint density at radius 2 is 2.10 bits per heavy atom. The van der Waals surface area contributed by atoms with Gasteiger partial charge < -0.3 is 10.5 Å². The van der Waals surface area contributed by atoms with Gasteiger partial charge in [-0.1, -0.05) is 0 Å². The summed E-state index contributed by atoms with van der Waals surface area (Å²) < 4.78 is 7.08. The molecule has 0 fully saturated rings. The summed E-state index contributed by atoms with van der Waals surface area (Å²) in [6.45, 7) is 1.39. The van der Waals surface area contributed by atoms with Crippen molar-refractivity contribution in [2.24, 2.45) is 0 Å². The minimum atomic E-state index is -0.327. The molecule has 1 aromatic heterocycles. The number of ether oxygens (including phenoxy) is 1. The Morgan fingerprint density at radius 3 is 2.81 bits per heavy atom. The van der Waals surface area contributed by atoms with Crippen molar-refractivity contribution in [2.45, 2.75) is 6.92 Å². The maximum absolute atomic E-state index is 11.0. The number of hydrogen-bond acceptors (Lipinski definition) is 5. The third-order valence-corrected chi connectivity index (χ3v) is 4.87. The van der Waals surface area contributed by atoms with Gasteiger partial charge in [-0.05, 0) is 52.9 Å². The highest BCUT2D eigenvalue weighted by molar-refractivity contribution is 14.1. The predicted molar refractivity (Wildman–Crippen MR) is 93.5 cm³/mol. The van der Waals surface area contributed by atoms with E-state index in [1.807, 2.05) is 30.3 Å². The third kappa shape index (κ3) is 3.01. The normalized spacial score (nSPS) is 10.8. The summed E-state index contributed by atoms with van der Waals surface area (Å²) in [7, 11) is 0. The first-order valence-corrected chi connectivity index (χ1v) is 8.07. The number of anilines is 1. The first-order chi connectivity index (χ1) is 10.0. The van der Waals surface area contributed by atoms with Gasteiger partial charge in [-0.25, -0.2) is 4.98 Å². The highest BCUT2D eigenvalue weighted by Crippen LogP contribution is 2.33. The molecule has 6 heteroatoms. The summed E-state index contributed by atoms with van der Waals surface area (Å²) >= 11 is 3.77. The van der Waals surface area contributed by atoms with E-state index in [9.17, 15) is 4.79 Å². The number of nitrogens with two attached hydrogens (primary N) is 1. The number of thiazole rings is 1. The summed E-state index contributed by atoms with van der Waals surface area (Å²) in [5.74, 6) is 0.212. The number of nitrogens with zero attached hydrogens (tertiary/aromatic N) is 1. The van der Waals surface area contributed by atoms with Gasteiger partial charge in [0, 0.05) is 27.8 Å². The van der Waals surface area contributed by atoms with Crippen molar-refractivity contribution >= 4 is 55.8 Å². The first-order valence-electron chi connectivity index (χ1n) is 6.17. The lowest BCUT2D eigenvalue weighted by atomic mass is 10.2. The third-order valence-electron chi connectivity index (χ3n) is 2.87. The van der Waals surface area contributed by atoms with Crippen LogP contribution in [0.5, 0.6) is 5.75 Å². The molecule has 0 bridgehead atoms. The van der Waals surface area contributed by atoms with Crippen LogP contribution in [0, 0.1) is 3.57 Å². The number of benzene rings is 2. The molecule has 0 saturated carbocycles. The number of carbonyl (C=O) groups is 1. The van der Waals surface area contributed by atoms with Gasteiger partial charge in [-0.2, -0.15) is 0 Å². The molecule has 2 N–H and O–H groups in total. The molecule has 0 saturated heterocycles.